The molecule has 0 radical (unpaired) electrons. The van der Waals surface area contributed by atoms with E-state index in [2.05, 4.69) is 28.2 Å². The number of rotatable bonds is 3. The molecule has 3 heterocycles. The maximum atomic E-state index is 13.2. The van der Waals surface area contributed by atoms with Gasteiger partial charge in [0, 0.05) is 43.9 Å². The van der Waals surface area contributed by atoms with Gasteiger partial charge >= 0.3 is 6.03 Å². The molecule has 29 heavy (non-hydrogen) atoms. The van der Waals surface area contributed by atoms with E-state index in [1.807, 2.05) is 11.9 Å². The number of piperidine rings is 2. The zero-order chi connectivity index (χ0) is 20.5. The second-order valence-electron chi connectivity index (χ2n) is 9.20. The van der Waals surface area contributed by atoms with Crippen molar-refractivity contribution < 1.29 is 9.59 Å². The molecule has 0 spiro atoms. The molecular weight excluding hydrogens is 410 g/mol. The lowest BCUT2D eigenvalue weighted by Gasteiger charge is -2.50. The Kier molecular flexibility index (Phi) is 6.83. The van der Waals surface area contributed by atoms with Crippen molar-refractivity contribution in [1.82, 2.24) is 26.2 Å². The van der Waals surface area contributed by atoms with Crippen molar-refractivity contribution in [3.05, 3.63) is 0 Å². The summed E-state index contributed by atoms with van der Waals surface area (Å²) in [6.45, 7) is 4.08. The first kappa shape index (κ1) is 21.5. The van der Waals surface area contributed by atoms with Crippen LogP contribution in [0, 0.1) is 23.7 Å². The molecular formula is C20H34ClN5O2S. The third-order valence-electron chi connectivity index (χ3n) is 7.40. The fourth-order valence-electron chi connectivity index (χ4n) is 5.74. The first-order valence-corrected chi connectivity index (χ1v) is 12.5. The Hall–Kier alpha value is -0.700. The van der Waals surface area contributed by atoms with E-state index in [4.69, 9.17) is 11.6 Å². The molecule has 164 valence electrons. The minimum atomic E-state index is -0.105. The van der Waals surface area contributed by atoms with Gasteiger partial charge in [-0.05, 0) is 49.9 Å². The summed E-state index contributed by atoms with van der Waals surface area (Å²) in [5.74, 6) is 2.62. The van der Waals surface area contributed by atoms with E-state index in [1.165, 1.54) is 0 Å². The number of urea groups is 1. The molecule has 4 rings (SSSR count). The lowest BCUT2D eigenvalue weighted by molar-refractivity contribution is -0.148. The number of nitrogens with one attached hydrogen (secondary N) is 4. The summed E-state index contributed by atoms with van der Waals surface area (Å²) in [7, 11) is 1.95. The maximum Gasteiger partial charge on any atom is 0.316 e. The monoisotopic (exact) mass is 443 g/mol. The summed E-state index contributed by atoms with van der Waals surface area (Å²) in [6.07, 6.45) is 4.66. The number of alkyl halides is 1. The van der Waals surface area contributed by atoms with E-state index < -0.39 is 0 Å². The molecule has 8 atom stereocenters. The van der Waals surface area contributed by atoms with Crippen LogP contribution < -0.4 is 21.3 Å². The average Bonchev–Trinajstić information content (AvgIpc) is 3.19. The van der Waals surface area contributed by atoms with Gasteiger partial charge in [0.25, 0.3) is 0 Å². The van der Waals surface area contributed by atoms with E-state index >= 15 is 0 Å². The zero-order valence-electron chi connectivity index (χ0n) is 17.3. The van der Waals surface area contributed by atoms with Crippen molar-refractivity contribution in [2.75, 3.05) is 25.9 Å². The molecule has 0 aromatic carbocycles. The van der Waals surface area contributed by atoms with Crippen molar-refractivity contribution in [2.45, 2.75) is 62.1 Å². The quantitative estimate of drug-likeness (QED) is 0.394. The number of amides is 3. The van der Waals surface area contributed by atoms with Crippen molar-refractivity contribution in [3.63, 3.8) is 0 Å². The van der Waals surface area contributed by atoms with Gasteiger partial charge in [-0.2, -0.15) is 0 Å². The Balaban J connectivity index is 1.37. The number of thioether (sulfide) groups is 1. The summed E-state index contributed by atoms with van der Waals surface area (Å²) in [4.78, 5) is 27.6. The van der Waals surface area contributed by atoms with Crippen molar-refractivity contribution >= 4 is 35.3 Å². The van der Waals surface area contributed by atoms with Gasteiger partial charge in [0.1, 0.15) is 5.50 Å². The molecule has 1 aliphatic carbocycles. The number of hydrogen-bond donors (Lipinski definition) is 4. The fraction of sp³-hybridized carbons (Fsp3) is 0.900. The lowest BCUT2D eigenvalue weighted by atomic mass is 9.66. The molecule has 0 aromatic rings. The molecule has 0 aromatic heterocycles. The first-order chi connectivity index (χ1) is 13.9. The minimum Gasteiger partial charge on any atom is -0.342 e. The number of carbonyl (C=O) groups excluding carboxylic acids is 2. The lowest BCUT2D eigenvalue weighted by Crippen LogP contribution is -2.60. The van der Waals surface area contributed by atoms with E-state index in [1.54, 1.807) is 11.8 Å². The Morgan fingerprint density at radius 3 is 2.79 bits per heavy atom. The molecule has 3 amide bonds. The van der Waals surface area contributed by atoms with E-state index in [9.17, 15) is 9.59 Å². The normalized spacial score (nSPS) is 43.0. The molecule has 3 saturated heterocycles. The fourth-order valence-corrected chi connectivity index (χ4v) is 6.91. The molecule has 3 aliphatic heterocycles. The smallest absolute Gasteiger partial charge is 0.316 e. The largest absolute Gasteiger partial charge is 0.342 e. The van der Waals surface area contributed by atoms with Crippen LogP contribution in [0.4, 0.5) is 4.79 Å². The molecule has 4 N–H and O–H groups in total. The van der Waals surface area contributed by atoms with Gasteiger partial charge in [-0.1, -0.05) is 6.92 Å². The second-order valence-corrected chi connectivity index (χ2v) is 10.9. The Labute approximate surface area is 182 Å². The van der Waals surface area contributed by atoms with Crippen LogP contribution in [0.2, 0.25) is 0 Å². The number of likely N-dealkylation sites (tertiary alicyclic amines) is 1. The number of fused-ring (bicyclic) bond motifs is 1. The van der Waals surface area contributed by atoms with Gasteiger partial charge in [0.15, 0.2) is 0 Å². The summed E-state index contributed by atoms with van der Waals surface area (Å²) >= 11 is 8.00. The van der Waals surface area contributed by atoms with Gasteiger partial charge in [-0.15, -0.1) is 23.4 Å². The minimum absolute atomic E-state index is 0.00313. The van der Waals surface area contributed by atoms with E-state index in [0.29, 0.717) is 17.8 Å². The highest BCUT2D eigenvalue weighted by Gasteiger charge is 2.47. The summed E-state index contributed by atoms with van der Waals surface area (Å²) in [5, 5.41) is 12.8. The SMILES string of the molecule is CC1CCC(NC(=O)NC2NCCS2)CC1C1CC2CNC(Cl)CC2N(C)C1=O. The number of halogens is 1. The van der Waals surface area contributed by atoms with Crippen LogP contribution in [0.15, 0.2) is 0 Å². The molecule has 1 saturated carbocycles. The Morgan fingerprint density at radius 2 is 2.03 bits per heavy atom. The van der Waals surface area contributed by atoms with Crippen molar-refractivity contribution in [3.8, 4) is 0 Å². The average molecular weight is 444 g/mol. The van der Waals surface area contributed by atoms with Crippen LogP contribution in [-0.4, -0.2) is 65.8 Å². The van der Waals surface area contributed by atoms with E-state index in [-0.39, 0.29) is 40.9 Å². The standard InChI is InChI=1S/C20H34ClN5O2S/c1-11-3-4-13(24-19(28)25-20-22-5-6-29-20)8-14(11)15-7-12-10-23-17(21)9-16(12)26(2)18(15)27/h11-17,20,22-23H,3-10H2,1-2H3,(H2,24,25,28). The molecule has 4 fully saturated rings. The molecule has 4 aliphatic rings. The van der Waals surface area contributed by atoms with Crippen LogP contribution in [-0.2, 0) is 4.79 Å². The highest BCUT2D eigenvalue weighted by atomic mass is 35.5. The molecule has 8 unspecified atom stereocenters. The number of nitrogens with zero attached hydrogens (tertiary/aromatic N) is 1. The Bertz CT molecular complexity index is 620. The molecule has 9 heteroatoms. The summed E-state index contributed by atoms with van der Waals surface area (Å²) in [5.41, 5.74) is -0.0420. The van der Waals surface area contributed by atoms with Gasteiger partial charge in [0.05, 0.1) is 5.50 Å². The van der Waals surface area contributed by atoms with Gasteiger partial charge in [-0.25, -0.2) is 4.79 Å². The maximum absolute atomic E-state index is 13.2. The van der Waals surface area contributed by atoms with Gasteiger partial charge in [-0.3, -0.25) is 10.1 Å². The number of carbonyl (C=O) groups is 2. The molecule has 7 nitrogen and oxygen atoms in total. The van der Waals surface area contributed by atoms with Crippen molar-refractivity contribution in [1.29, 1.82) is 0 Å². The highest BCUT2D eigenvalue weighted by molar-refractivity contribution is 8.00. The van der Waals surface area contributed by atoms with Crippen LogP contribution in [0.25, 0.3) is 0 Å². The van der Waals surface area contributed by atoms with Gasteiger partial charge in [0.2, 0.25) is 5.91 Å². The third-order valence-corrected chi connectivity index (χ3v) is 8.79. The van der Waals surface area contributed by atoms with Crippen LogP contribution >= 0.6 is 23.4 Å². The summed E-state index contributed by atoms with van der Waals surface area (Å²) in [6, 6.07) is 0.277. The zero-order valence-corrected chi connectivity index (χ0v) is 18.9. The molecule has 0 bridgehead atoms. The third kappa shape index (κ3) is 4.81. The Morgan fingerprint density at radius 1 is 1.21 bits per heavy atom. The van der Waals surface area contributed by atoms with E-state index in [0.717, 1.165) is 50.9 Å². The first-order valence-electron chi connectivity index (χ1n) is 11.0. The second kappa shape index (κ2) is 9.20. The van der Waals surface area contributed by atoms with Crippen LogP contribution in [0.5, 0.6) is 0 Å². The van der Waals surface area contributed by atoms with Gasteiger partial charge < -0.3 is 20.9 Å². The topological polar surface area (TPSA) is 85.5 Å². The summed E-state index contributed by atoms with van der Waals surface area (Å²) < 4.78 is 0. The predicted octanol–water partition coefficient (Wildman–Crippen LogP) is 1.73. The predicted molar refractivity (Wildman–Crippen MR) is 117 cm³/mol. The van der Waals surface area contributed by atoms with Crippen LogP contribution in [0.1, 0.15) is 39.0 Å². The highest BCUT2D eigenvalue weighted by Crippen LogP contribution is 2.43. The van der Waals surface area contributed by atoms with Crippen LogP contribution in [0.3, 0.4) is 0 Å². The number of hydrogen-bond acceptors (Lipinski definition) is 5. The van der Waals surface area contributed by atoms with Crippen molar-refractivity contribution in [2.24, 2.45) is 23.7 Å².